The number of nitrogens with zero attached hydrogens (tertiary/aromatic N) is 2. The van der Waals surface area contributed by atoms with E-state index in [1.807, 2.05) is 0 Å². The normalized spacial score (nSPS) is 24.4. The molecule has 3 heterocycles. The second-order valence-corrected chi connectivity index (χ2v) is 7.19. The fourth-order valence-electron chi connectivity index (χ4n) is 3.44. The zero-order chi connectivity index (χ0) is 14.7. The molecule has 114 valence electrons. The second-order valence-electron chi connectivity index (χ2n) is 6.19. The Kier molecular flexibility index (Phi) is 4.97. The predicted octanol–water partition coefficient (Wildman–Crippen LogP) is 2.15. The van der Waals surface area contributed by atoms with Crippen LogP contribution in [-0.4, -0.2) is 53.2 Å². The molecule has 2 fully saturated rings. The van der Waals surface area contributed by atoms with Crippen LogP contribution in [0.3, 0.4) is 0 Å². The molecular formula is C17H24N2OS. The van der Waals surface area contributed by atoms with Crippen molar-refractivity contribution in [1.82, 2.24) is 9.80 Å². The average molecular weight is 304 g/mol. The molecule has 0 aliphatic carbocycles. The van der Waals surface area contributed by atoms with Crippen LogP contribution in [0.25, 0.3) is 0 Å². The minimum atomic E-state index is -0.0625. The van der Waals surface area contributed by atoms with Crippen molar-refractivity contribution in [2.75, 3.05) is 26.2 Å². The smallest absolute Gasteiger partial charge is 0.104 e. The molecular weight excluding hydrogens is 280 g/mol. The summed E-state index contributed by atoms with van der Waals surface area (Å²) in [5.74, 6) is 5.68. The molecule has 4 heteroatoms. The van der Waals surface area contributed by atoms with Crippen LogP contribution in [0.4, 0.5) is 0 Å². The van der Waals surface area contributed by atoms with E-state index in [-0.39, 0.29) is 6.61 Å². The number of piperidine rings is 1. The van der Waals surface area contributed by atoms with Crippen molar-refractivity contribution in [3.63, 3.8) is 0 Å². The Hall–Kier alpha value is -0.860. The topological polar surface area (TPSA) is 26.7 Å². The number of likely N-dealkylation sites (tertiary alicyclic amines) is 2. The lowest BCUT2D eigenvalue weighted by Crippen LogP contribution is -2.61. The lowest BCUT2D eigenvalue weighted by atomic mass is 9.97. The zero-order valence-corrected chi connectivity index (χ0v) is 13.5. The molecule has 3 nitrogen and oxygen atoms in total. The van der Waals surface area contributed by atoms with E-state index in [1.54, 1.807) is 11.3 Å². The molecule has 3 rings (SSSR count). The third kappa shape index (κ3) is 3.67. The fraction of sp³-hybridized carbons (Fsp3) is 0.647. The molecule has 2 aliphatic rings. The summed E-state index contributed by atoms with van der Waals surface area (Å²) in [5.41, 5.74) is 1.03. The van der Waals surface area contributed by atoms with E-state index in [9.17, 15) is 0 Å². The van der Waals surface area contributed by atoms with Gasteiger partial charge >= 0.3 is 0 Å². The SMILES string of the molecule is CC1CCCCN1C1CN(Cc2cc(C#CCO)cs2)C1. The van der Waals surface area contributed by atoms with Gasteiger partial charge in [-0.05, 0) is 32.4 Å². The van der Waals surface area contributed by atoms with Gasteiger partial charge in [0.05, 0.1) is 0 Å². The highest BCUT2D eigenvalue weighted by atomic mass is 32.1. The van der Waals surface area contributed by atoms with Crippen molar-refractivity contribution in [2.45, 2.75) is 44.8 Å². The van der Waals surface area contributed by atoms with Crippen LogP contribution in [0.1, 0.15) is 36.6 Å². The first-order valence-electron chi connectivity index (χ1n) is 7.91. The van der Waals surface area contributed by atoms with E-state index in [0.29, 0.717) is 0 Å². The van der Waals surface area contributed by atoms with Crippen molar-refractivity contribution in [1.29, 1.82) is 0 Å². The van der Waals surface area contributed by atoms with E-state index in [2.05, 4.69) is 40.0 Å². The Balaban J connectivity index is 1.47. The van der Waals surface area contributed by atoms with E-state index in [4.69, 9.17) is 5.11 Å². The number of hydrogen-bond donors (Lipinski definition) is 1. The van der Waals surface area contributed by atoms with Crippen molar-refractivity contribution >= 4 is 11.3 Å². The van der Waals surface area contributed by atoms with Gasteiger partial charge in [0.1, 0.15) is 6.61 Å². The molecule has 1 aromatic rings. The van der Waals surface area contributed by atoms with E-state index in [0.717, 1.165) is 24.2 Å². The summed E-state index contributed by atoms with van der Waals surface area (Å²) in [4.78, 5) is 6.62. The maximum atomic E-state index is 8.72. The molecule has 0 amide bonds. The maximum absolute atomic E-state index is 8.72. The minimum Gasteiger partial charge on any atom is -0.384 e. The van der Waals surface area contributed by atoms with Crippen LogP contribution in [0.5, 0.6) is 0 Å². The number of aliphatic hydroxyl groups is 1. The molecule has 0 spiro atoms. The summed E-state index contributed by atoms with van der Waals surface area (Å²) < 4.78 is 0. The van der Waals surface area contributed by atoms with Crippen LogP contribution in [0, 0.1) is 11.8 Å². The monoisotopic (exact) mass is 304 g/mol. The highest BCUT2D eigenvalue weighted by Crippen LogP contribution is 2.26. The molecule has 0 saturated carbocycles. The number of hydrogen-bond acceptors (Lipinski definition) is 4. The number of thiophene rings is 1. The highest BCUT2D eigenvalue weighted by molar-refractivity contribution is 7.10. The number of rotatable bonds is 3. The summed E-state index contributed by atoms with van der Waals surface area (Å²) in [5, 5.41) is 10.8. The van der Waals surface area contributed by atoms with Gasteiger partial charge < -0.3 is 5.11 Å². The van der Waals surface area contributed by atoms with E-state index >= 15 is 0 Å². The molecule has 1 atom stereocenters. The molecule has 1 unspecified atom stereocenters. The molecule has 1 N–H and O–H groups in total. The quantitative estimate of drug-likeness (QED) is 0.867. The van der Waals surface area contributed by atoms with Crippen LogP contribution >= 0.6 is 11.3 Å². The molecule has 1 aromatic heterocycles. The van der Waals surface area contributed by atoms with Crippen LogP contribution in [0.15, 0.2) is 11.4 Å². The van der Waals surface area contributed by atoms with Crippen molar-refractivity contribution in [3.05, 3.63) is 21.9 Å². The van der Waals surface area contributed by atoms with Gasteiger partial charge in [-0.1, -0.05) is 18.3 Å². The van der Waals surface area contributed by atoms with Crippen molar-refractivity contribution in [3.8, 4) is 11.8 Å². The van der Waals surface area contributed by atoms with Gasteiger partial charge in [0.2, 0.25) is 0 Å². The van der Waals surface area contributed by atoms with Gasteiger partial charge in [0, 0.05) is 47.5 Å². The first kappa shape index (κ1) is 15.1. The third-order valence-electron chi connectivity index (χ3n) is 4.61. The summed E-state index contributed by atoms with van der Waals surface area (Å²) >= 11 is 1.78. The van der Waals surface area contributed by atoms with E-state index < -0.39 is 0 Å². The summed E-state index contributed by atoms with van der Waals surface area (Å²) in [6.45, 7) is 7.07. The molecule has 0 radical (unpaired) electrons. The van der Waals surface area contributed by atoms with Crippen molar-refractivity contribution in [2.24, 2.45) is 0 Å². The standard InChI is InChI=1S/C17H24N2OS/c1-14-5-2-3-7-19(14)16-10-18(11-16)12-17-9-15(13-21-17)6-4-8-20/h9,13-14,16,20H,2-3,5,7-8,10-12H2,1H3. The summed E-state index contributed by atoms with van der Waals surface area (Å²) in [7, 11) is 0. The van der Waals surface area contributed by atoms with Gasteiger partial charge in [0.25, 0.3) is 0 Å². The Bertz CT molecular complexity index is 524. The van der Waals surface area contributed by atoms with Gasteiger partial charge in [-0.3, -0.25) is 9.80 Å². The molecule has 21 heavy (non-hydrogen) atoms. The zero-order valence-electron chi connectivity index (χ0n) is 12.7. The first-order valence-corrected chi connectivity index (χ1v) is 8.79. The molecule has 2 aliphatic heterocycles. The summed E-state index contributed by atoms with van der Waals surface area (Å²) in [6.07, 6.45) is 4.15. The lowest BCUT2D eigenvalue weighted by molar-refractivity contribution is -0.00574. The second kappa shape index (κ2) is 6.93. The Labute approximate surface area is 131 Å². The third-order valence-corrected chi connectivity index (χ3v) is 5.53. The predicted molar refractivity (Wildman–Crippen MR) is 87.4 cm³/mol. The van der Waals surface area contributed by atoms with Crippen LogP contribution in [-0.2, 0) is 6.54 Å². The largest absolute Gasteiger partial charge is 0.384 e. The van der Waals surface area contributed by atoms with Crippen LogP contribution < -0.4 is 0 Å². The minimum absolute atomic E-state index is 0.0625. The Morgan fingerprint density at radius 1 is 1.38 bits per heavy atom. The lowest BCUT2D eigenvalue weighted by Gasteiger charge is -2.49. The fourth-order valence-corrected chi connectivity index (χ4v) is 4.29. The Morgan fingerprint density at radius 2 is 2.24 bits per heavy atom. The maximum Gasteiger partial charge on any atom is 0.104 e. The Morgan fingerprint density at radius 3 is 3.00 bits per heavy atom. The van der Waals surface area contributed by atoms with Gasteiger partial charge in [-0.25, -0.2) is 0 Å². The highest BCUT2D eigenvalue weighted by Gasteiger charge is 2.34. The summed E-state index contributed by atoms with van der Waals surface area (Å²) in [6, 6.07) is 3.70. The average Bonchev–Trinajstić information content (AvgIpc) is 2.89. The molecule has 2 saturated heterocycles. The van der Waals surface area contributed by atoms with Crippen LogP contribution in [0.2, 0.25) is 0 Å². The van der Waals surface area contributed by atoms with E-state index in [1.165, 1.54) is 43.8 Å². The van der Waals surface area contributed by atoms with Gasteiger partial charge in [0.15, 0.2) is 0 Å². The number of aliphatic hydroxyl groups excluding tert-OH is 1. The first-order chi connectivity index (χ1) is 10.3. The van der Waals surface area contributed by atoms with Crippen molar-refractivity contribution < 1.29 is 5.11 Å². The van der Waals surface area contributed by atoms with Gasteiger partial charge in [-0.15, -0.1) is 11.3 Å². The van der Waals surface area contributed by atoms with Gasteiger partial charge in [-0.2, -0.15) is 0 Å². The molecule has 0 bridgehead atoms. The molecule has 0 aromatic carbocycles.